The maximum atomic E-state index is 10.5. The number of methoxy groups -OCH3 is 1. The zero-order valence-corrected chi connectivity index (χ0v) is 11.8. The Bertz CT molecular complexity index is 320. The van der Waals surface area contributed by atoms with Gasteiger partial charge in [-0.05, 0) is 28.8 Å². The molecule has 0 saturated heterocycles. The van der Waals surface area contributed by atoms with Crippen molar-refractivity contribution in [2.24, 2.45) is 7.05 Å². The van der Waals surface area contributed by atoms with Gasteiger partial charge in [-0.2, -0.15) is 5.10 Å². The van der Waals surface area contributed by atoms with Crippen molar-refractivity contribution in [3.05, 3.63) is 16.4 Å². The van der Waals surface area contributed by atoms with E-state index in [0.717, 1.165) is 23.0 Å². The first kappa shape index (κ1) is 13.7. The Morgan fingerprint density at radius 2 is 2.12 bits per heavy atom. The van der Waals surface area contributed by atoms with E-state index in [1.54, 1.807) is 18.0 Å². The summed E-state index contributed by atoms with van der Waals surface area (Å²) < 4.78 is 8.01. The predicted molar refractivity (Wildman–Crippen MR) is 66.2 cm³/mol. The van der Waals surface area contributed by atoms with Crippen LogP contribution in [0.3, 0.4) is 0 Å². The van der Waals surface area contributed by atoms with E-state index in [4.69, 9.17) is 4.74 Å². The summed E-state index contributed by atoms with van der Waals surface area (Å²) in [7, 11) is 3.45. The third kappa shape index (κ3) is 2.17. The van der Waals surface area contributed by atoms with Gasteiger partial charge >= 0.3 is 0 Å². The van der Waals surface area contributed by atoms with E-state index in [-0.39, 0.29) is 0 Å². The van der Waals surface area contributed by atoms with E-state index < -0.39 is 11.7 Å². The van der Waals surface area contributed by atoms with Gasteiger partial charge in [-0.25, -0.2) is 0 Å². The van der Waals surface area contributed by atoms with Crippen molar-refractivity contribution >= 4 is 15.9 Å². The predicted octanol–water partition coefficient (Wildman–Crippen LogP) is 2.42. The molecule has 0 aliphatic carbocycles. The van der Waals surface area contributed by atoms with Gasteiger partial charge in [0.25, 0.3) is 0 Å². The zero-order chi connectivity index (χ0) is 12.3. The Hall–Kier alpha value is -0.390. The second-order valence-corrected chi connectivity index (χ2v) is 4.73. The molecule has 1 heterocycles. The van der Waals surface area contributed by atoms with Gasteiger partial charge in [0.05, 0.1) is 22.0 Å². The van der Waals surface area contributed by atoms with E-state index in [9.17, 15) is 5.11 Å². The summed E-state index contributed by atoms with van der Waals surface area (Å²) in [6.45, 7) is 4.03. The maximum absolute atomic E-state index is 10.5. The Morgan fingerprint density at radius 3 is 2.44 bits per heavy atom. The lowest BCUT2D eigenvalue weighted by atomic mass is 9.88. The highest BCUT2D eigenvalue weighted by molar-refractivity contribution is 9.10. The van der Waals surface area contributed by atoms with Crippen LogP contribution in [0.4, 0.5) is 0 Å². The number of nitrogens with zero attached hydrogens (tertiary/aromatic N) is 2. The molecule has 0 saturated carbocycles. The van der Waals surface area contributed by atoms with Gasteiger partial charge in [-0.15, -0.1) is 0 Å². The summed E-state index contributed by atoms with van der Waals surface area (Å²) in [6.07, 6.45) is 2.50. The van der Waals surface area contributed by atoms with Crippen LogP contribution < -0.4 is 0 Å². The van der Waals surface area contributed by atoms with Gasteiger partial charge in [-0.1, -0.05) is 13.8 Å². The fourth-order valence-corrected chi connectivity index (χ4v) is 2.58. The number of rotatable bonds is 5. The molecular formula is C11H19BrN2O2. The van der Waals surface area contributed by atoms with Crippen LogP contribution in [-0.4, -0.2) is 27.6 Å². The molecule has 0 fully saturated rings. The fourth-order valence-electron chi connectivity index (χ4n) is 2.01. The highest BCUT2D eigenvalue weighted by Gasteiger charge is 2.38. The minimum atomic E-state index is -0.686. The molecule has 1 N–H and O–H groups in total. The Morgan fingerprint density at radius 1 is 1.56 bits per heavy atom. The van der Waals surface area contributed by atoms with Crippen molar-refractivity contribution in [1.82, 2.24) is 9.78 Å². The van der Waals surface area contributed by atoms with E-state index in [1.807, 2.05) is 20.9 Å². The number of aromatic nitrogens is 2. The number of aliphatic hydroxyl groups excluding tert-OH is 1. The van der Waals surface area contributed by atoms with Gasteiger partial charge in [-0.3, -0.25) is 4.68 Å². The molecule has 16 heavy (non-hydrogen) atoms. The first-order chi connectivity index (χ1) is 7.52. The van der Waals surface area contributed by atoms with Crippen molar-refractivity contribution in [1.29, 1.82) is 0 Å². The number of aryl methyl sites for hydroxylation is 1. The van der Waals surface area contributed by atoms with Crippen molar-refractivity contribution in [2.75, 3.05) is 7.11 Å². The van der Waals surface area contributed by atoms with Gasteiger partial charge < -0.3 is 9.84 Å². The van der Waals surface area contributed by atoms with Gasteiger partial charge in [0.15, 0.2) is 0 Å². The summed E-state index contributed by atoms with van der Waals surface area (Å²) >= 11 is 3.40. The lowest BCUT2D eigenvalue weighted by molar-refractivity contribution is -0.112. The quantitative estimate of drug-likeness (QED) is 0.906. The molecule has 1 aromatic rings. The van der Waals surface area contributed by atoms with Gasteiger partial charge in [0.1, 0.15) is 6.10 Å². The lowest BCUT2D eigenvalue weighted by Gasteiger charge is -2.35. The molecule has 0 amide bonds. The minimum absolute atomic E-state index is 0.545. The smallest absolute Gasteiger partial charge is 0.126 e. The number of hydrogen-bond acceptors (Lipinski definition) is 3. The number of ether oxygens (including phenoxy) is 1. The first-order valence-corrected chi connectivity index (χ1v) is 6.22. The van der Waals surface area contributed by atoms with Gasteiger partial charge in [0, 0.05) is 14.2 Å². The average molecular weight is 291 g/mol. The van der Waals surface area contributed by atoms with E-state index >= 15 is 0 Å². The molecule has 0 aromatic carbocycles. The summed E-state index contributed by atoms with van der Waals surface area (Å²) in [4.78, 5) is 0. The standard InChI is InChI=1S/C11H19BrN2O2/c1-5-11(6-2,16-4)10(15)9-8(12)7-13-14(9)3/h7,10,15H,5-6H2,1-4H3. The largest absolute Gasteiger partial charge is 0.384 e. The number of aliphatic hydroxyl groups is 1. The van der Waals surface area contributed by atoms with Crippen molar-refractivity contribution in [3.63, 3.8) is 0 Å². The summed E-state index contributed by atoms with van der Waals surface area (Å²) in [5.41, 5.74) is 0.210. The highest BCUT2D eigenvalue weighted by atomic mass is 79.9. The Balaban J connectivity index is 3.13. The molecule has 0 radical (unpaired) electrons. The molecule has 1 rings (SSSR count). The van der Waals surface area contributed by atoms with Gasteiger partial charge in [0.2, 0.25) is 0 Å². The topological polar surface area (TPSA) is 47.3 Å². The van der Waals surface area contributed by atoms with Crippen LogP contribution in [0.15, 0.2) is 10.7 Å². The molecule has 1 aromatic heterocycles. The van der Waals surface area contributed by atoms with Crippen LogP contribution in [-0.2, 0) is 11.8 Å². The minimum Gasteiger partial charge on any atom is -0.384 e. The SMILES string of the molecule is CCC(CC)(OC)C(O)c1c(Br)cnn1C. The molecule has 4 nitrogen and oxygen atoms in total. The number of halogens is 1. The zero-order valence-electron chi connectivity index (χ0n) is 10.2. The third-order valence-corrected chi connectivity index (χ3v) is 3.91. The molecule has 5 heteroatoms. The molecule has 0 aliphatic heterocycles. The van der Waals surface area contributed by atoms with Crippen LogP contribution >= 0.6 is 15.9 Å². The van der Waals surface area contributed by atoms with Crippen LogP contribution in [0.25, 0.3) is 0 Å². The van der Waals surface area contributed by atoms with Crippen molar-refractivity contribution in [2.45, 2.75) is 38.4 Å². The molecule has 1 atom stereocenters. The Labute approximate surface area is 105 Å². The normalized spacial score (nSPS) is 14.1. The Kier molecular flexibility index (Phi) is 4.52. The first-order valence-electron chi connectivity index (χ1n) is 5.43. The average Bonchev–Trinajstić information content (AvgIpc) is 2.61. The third-order valence-electron chi connectivity index (χ3n) is 3.30. The van der Waals surface area contributed by atoms with Crippen LogP contribution in [0.1, 0.15) is 38.5 Å². The number of hydrogen-bond donors (Lipinski definition) is 1. The molecule has 0 aliphatic rings. The second-order valence-electron chi connectivity index (χ2n) is 3.88. The molecule has 92 valence electrons. The van der Waals surface area contributed by atoms with Crippen LogP contribution in [0.2, 0.25) is 0 Å². The summed E-state index contributed by atoms with van der Waals surface area (Å²) in [6, 6.07) is 0. The summed E-state index contributed by atoms with van der Waals surface area (Å²) in [5, 5.41) is 14.6. The van der Waals surface area contributed by atoms with E-state index in [2.05, 4.69) is 21.0 Å². The second kappa shape index (κ2) is 5.29. The highest BCUT2D eigenvalue weighted by Crippen LogP contribution is 2.37. The summed E-state index contributed by atoms with van der Waals surface area (Å²) in [5.74, 6) is 0. The fraction of sp³-hybridized carbons (Fsp3) is 0.727. The molecule has 0 bridgehead atoms. The van der Waals surface area contributed by atoms with E-state index in [0.29, 0.717) is 0 Å². The lowest BCUT2D eigenvalue weighted by Crippen LogP contribution is -2.38. The van der Waals surface area contributed by atoms with Crippen molar-refractivity contribution < 1.29 is 9.84 Å². The molecular weight excluding hydrogens is 272 g/mol. The molecule has 1 unspecified atom stereocenters. The van der Waals surface area contributed by atoms with Crippen molar-refractivity contribution in [3.8, 4) is 0 Å². The maximum Gasteiger partial charge on any atom is 0.126 e. The monoisotopic (exact) mass is 290 g/mol. The van der Waals surface area contributed by atoms with Crippen LogP contribution in [0.5, 0.6) is 0 Å². The molecule has 0 spiro atoms. The van der Waals surface area contributed by atoms with Crippen LogP contribution in [0, 0.1) is 0 Å². The van der Waals surface area contributed by atoms with E-state index in [1.165, 1.54) is 0 Å².